The maximum absolute atomic E-state index is 13.2. The van der Waals surface area contributed by atoms with Crippen molar-refractivity contribution in [1.29, 1.82) is 0 Å². The van der Waals surface area contributed by atoms with Crippen molar-refractivity contribution in [3.63, 3.8) is 0 Å². The largest absolute Gasteiger partial charge is 0.351 e. The number of allylic oxidation sites excluding steroid dienone is 3. The first-order valence-electron chi connectivity index (χ1n) is 12.5. The fourth-order valence-electron chi connectivity index (χ4n) is 4.90. The Morgan fingerprint density at radius 3 is 2.37 bits per heavy atom. The molecule has 2 aromatic rings. The SMILES string of the molecule is CN(C)C1CCN(C(=O)C2=CC=C(c3cnc(N4CC4)c(C(=O)Cc4ccccc4)n3)CC2)CC1. The molecule has 2 fully saturated rings. The highest BCUT2D eigenvalue weighted by Crippen LogP contribution is 2.30. The maximum Gasteiger partial charge on any atom is 0.249 e. The van der Waals surface area contributed by atoms with Crippen LogP contribution in [0.2, 0.25) is 0 Å². The van der Waals surface area contributed by atoms with Crippen molar-refractivity contribution in [3.8, 4) is 0 Å². The first-order valence-corrected chi connectivity index (χ1v) is 12.5. The molecule has 35 heavy (non-hydrogen) atoms. The van der Waals surface area contributed by atoms with E-state index < -0.39 is 0 Å². The van der Waals surface area contributed by atoms with E-state index in [9.17, 15) is 9.59 Å². The van der Waals surface area contributed by atoms with Gasteiger partial charge < -0.3 is 14.7 Å². The molecule has 3 heterocycles. The van der Waals surface area contributed by atoms with Crippen molar-refractivity contribution in [2.24, 2.45) is 0 Å². The number of aromatic nitrogens is 2. The number of nitrogens with zero attached hydrogens (tertiary/aromatic N) is 5. The van der Waals surface area contributed by atoms with Crippen molar-refractivity contribution in [3.05, 3.63) is 71.2 Å². The number of anilines is 1. The molecule has 7 nitrogen and oxygen atoms in total. The van der Waals surface area contributed by atoms with Gasteiger partial charge in [0.05, 0.1) is 11.9 Å². The predicted molar refractivity (Wildman–Crippen MR) is 137 cm³/mol. The average molecular weight is 472 g/mol. The topological polar surface area (TPSA) is 69.4 Å². The van der Waals surface area contributed by atoms with Gasteiger partial charge >= 0.3 is 0 Å². The molecule has 1 aromatic heterocycles. The first-order chi connectivity index (χ1) is 17.0. The molecule has 0 radical (unpaired) electrons. The second-order valence-corrected chi connectivity index (χ2v) is 9.87. The van der Waals surface area contributed by atoms with Crippen LogP contribution in [0, 0.1) is 0 Å². The Morgan fingerprint density at radius 2 is 1.74 bits per heavy atom. The molecule has 7 heteroatoms. The van der Waals surface area contributed by atoms with Crippen LogP contribution in [0.25, 0.3) is 5.57 Å². The van der Waals surface area contributed by atoms with E-state index in [1.807, 2.05) is 47.4 Å². The minimum absolute atomic E-state index is 0.0172. The highest BCUT2D eigenvalue weighted by atomic mass is 16.2. The van der Waals surface area contributed by atoms with Crippen molar-refractivity contribution in [2.75, 3.05) is 45.2 Å². The van der Waals surface area contributed by atoms with Crippen LogP contribution in [-0.2, 0) is 11.2 Å². The molecule has 3 aliphatic rings. The molecule has 182 valence electrons. The van der Waals surface area contributed by atoms with Gasteiger partial charge in [0.2, 0.25) is 5.91 Å². The van der Waals surface area contributed by atoms with Crippen molar-refractivity contribution in [2.45, 2.75) is 38.1 Å². The van der Waals surface area contributed by atoms with E-state index in [-0.39, 0.29) is 11.7 Å². The summed E-state index contributed by atoms with van der Waals surface area (Å²) in [5.74, 6) is 0.814. The van der Waals surface area contributed by atoms with Crippen LogP contribution in [0.15, 0.2) is 54.3 Å². The third-order valence-electron chi connectivity index (χ3n) is 7.21. The first kappa shape index (κ1) is 23.4. The number of ketones is 1. The third-order valence-corrected chi connectivity index (χ3v) is 7.21. The second-order valence-electron chi connectivity index (χ2n) is 9.87. The van der Waals surface area contributed by atoms with Gasteiger partial charge in [-0.1, -0.05) is 42.5 Å². The number of hydrogen-bond acceptors (Lipinski definition) is 6. The summed E-state index contributed by atoms with van der Waals surface area (Å²) in [7, 11) is 4.21. The van der Waals surface area contributed by atoms with E-state index in [0.717, 1.165) is 67.8 Å². The molecule has 2 aliphatic heterocycles. The summed E-state index contributed by atoms with van der Waals surface area (Å²) in [5.41, 5.74) is 4.01. The number of carbonyl (C=O) groups excluding carboxylic acids is 2. The standard InChI is InChI=1S/C28H33N5O2/c1-31(2)23-12-14-33(15-13-23)28(35)22-10-8-21(9-11-22)24-19-29-27(32-16-17-32)26(30-24)25(34)18-20-6-4-3-5-7-20/h3-8,10,19,23H,9,11-18H2,1-2H3. The zero-order chi connectivity index (χ0) is 24.4. The Kier molecular flexibility index (Phi) is 6.77. The normalized spacial score (nSPS) is 18.4. The number of likely N-dealkylation sites (tertiary alicyclic amines) is 1. The zero-order valence-electron chi connectivity index (χ0n) is 20.6. The highest BCUT2D eigenvalue weighted by molar-refractivity contribution is 6.00. The second kappa shape index (κ2) is 10.1. The Bertz CT molecular complexity index is 1160. The van der Waals surface area contributed by atoms with Gasteiger partial charge in [-0.3, -0.25) is 9.59 Å². The molecule has 1 aromatic carbocycles. The fraction of sp³-hybridized carbons (Fsp3) is 0.429. The van der Waals surface area contributed by atoms with E-state index in [0.29, 0.717) is 30.4 Å². The lowest BCUT2D eigenvalue weighted by Crippen LogP contribution is -2.45. The van der Waals surface area contributed by atoms with Crippen LogP contribution in [-0.4, -0.2) is 77.8 Å². The van der Waals surface area contributed by atoms with Crippen LogP contribution >= 0.6 is 0 Å². The van der Waals surface area contributed by atoms with Crippen molar-refractivity contribution < 1.29 is 9.59 Å². The van der Waals surface area contributed by atoms with Gasteiger partial charge in [0.15, 0.2) is 11.6 Å². The molecule has 0 unspecified atom stereocenters. The summed E-state index contributed by atoms with van der Waals surface area (Å²) in [6.45, 7) is 3.43. The van der Waals surface area contributed by atoms with E-state index >= 15 is 0 Å². The Labute approximate surface area is 207 Å². The van der Waals surface area contributed by atoms with Gasteiger partial charge in [0.1, 0.15) is 5.69 Å². The Morgan fingerprint density at radius 1 is 1.00 bits per heavy atom. The Balaban J connectivity index is 1.31. The van der Waals surface area contributed by atoms with Crippen molar-refractivity contribution >= 4 is 23.1 Å². The number of Topliss-reactive ketones (excluding diaryl/α,β-unsaturated/α-hetero) is 1. The molecule has 1 amide bonds. The van der Waals surface area contributed by atoms with E-state index in [2.05, 4.69) is 28.9 Å². The molecular formula is C28H33N5O2. The summed E-state index contributed by atoms with van der Waals surface area (Å²) >= 11 is 0. The van der Waals surface area contributed by atoms with E-state index in [1.54, 1.807) is 6.20 Å². The van der Waals surface area contributed by atoms with Crippen LogP contribution in [0.3, 0.4) is 0 Å². The van der Waals surface area contributed by atoms with Crippen LogP contribution in [0.4, 0.5) is 5.82 Å². The summed E-state index contributed by atoms with van der Waals surface area (Å²) in [6.07, 6.45) is 9.43. The molecule has 0 atom stereocenters. The quantitative estimate of drug-likeness (QED) is 0.456. The molecule has 1 aliphatic carbocycles. The predicted octanol–water partition coefficient (Wildman–Crippen LogP) is 3.38. The molecule has 0 bridgehead atoms. The molecule has 0 saturated carbocycles. The van der Waals surface area contributed by atoms with E-state index in [1.165, 1.54) is 0 Å². The Hall–Kier alpha value is -3.32. The third kappa shape index (κ3) is 5.35. The molecule has 0 N–H and O–H groups in total. The van der Waals surface area contributed by atoms with Crippen LogP contribution < -0.4 is 4.90 Å². The van der Waals surface area contributed by atoms with Gasteiger partial charge in [-0.15, -0.1) is 0 Å². The molecular weight excluding hydrogens is 438 g/mol. The van der Waals surface area contributed by atoms with E-state index in [4.69, 9.17) is 4.98 Å². The zero-order valence-corrected chi connectivity index (χ0v) is 20.6. The summed E-state index contributed by atoms with van der Waals surface area (Å²) in [6, 6.07) is 10.3. The molecule has 0 spiro atoms. The van der Waals surface area contributed by atoms with Crippen LogP contribution in [0.1, 0.15) is 47.4 Å². The highest BCUT2D eigenvalue weighted by Gasteiger charge is 2.29. The number of hydrogen-bond donors (Lipinski definition) is 0. The lowest BCUT2D eigenvalue weighted by molar-refractivity contribution is -0.128. The van der Waals surface area contributed by atoms with Gasteiger partial charge in [-0.05, 0) is 50.9 Å². The summed E-state index contributed by atoms with van der Waals surface area (Å²) in [4.78, 5) is 42.0. The number of piperidine rings is 1. The van der Waals surface area contributed by atoms with Crippen molar-refractivity contribution in [1.82, 2.24) is 19.8 Å². The fourth-order valence-corrected chi connectivity index (χ4v) is 4.90. The van der Waals surface area contributed by atoms with Gasteiger partial charge in [-0.2, -0.15) is 0 Å². The lowest BCUT2D eigenvalue weighted by Gasteiger charge is -2.35. The molecule has 2 saturated heterocycles. The lowest BCUT2D eigenvalue weighted by atomic mass is 9.94. The number of benzene rings is 1. The smallest absolute Gasteiger partial charge is 0.249 e. The number of rotatable bonds is 7. The van der Waals surface area contributed by atoms with Gasteiger partial charge in [0, 0.05) is 44.2 Å². The van der Waals surface area contributed by atoms with Gasteiger partial charge in [-0.25, -0.2) is 9.97 Å². The molecule has 5 rings (SSSR count). The number of carbonyl (C=O) groups is 2. The minimum atomic E-state index is -0.0172. The average Bonchev–Trinajstić information content (AvgIpc) is 3.74. The number of amides is 1. The summed E-state index contributed by atoms with van der Waals surface area (Å²) < 4.78 is 0. The summed E-state index contributed by atoms with van der Waals surface area (Å²) in [5, 5.41) is 0. The minimum Gasteiger partial charge on any atom is -0.351 e. The maximum atomic E-state index is 13.2. The van der Waals surface area contributed by atoms with Gasteiger partial charge in [0.25, 0.3) is 0 Å². The monoisotopic (exact) mass is 471 g/mol. The van der Waals surface area contributed by atoms with Crippen LogP contribution in [0.5, 0.6) is 0 Å².